The Labute approximate surface area is 105 Å². The van der Waals surface area contributed by atoms with E-state index >= 15 is 0 Å². The third-order valence-electron chi connectivity index (χ3n) is 3.41. The van der Waals surface area contributed by atoms with E-state index in [0.717, 1.165) is 11.5 Å². The van der Waals surface area contributed by atoms with Gasteiger partial charge in [0.05, 0.1) is 0 Å². The number of nitrogen functional groups attached to an aromatic ring is 1. The third-order valence-corrected chi connectivity index (χ3v) is 4.23. The third kappa shape index (κ3) is 2.36. The molecule has 1 amide bonds. The van der Waals surface area contributed by atoms with Crippen molar-refractivity contribution in [2.24, 2.45) is 5.41 Å². The Morgan fingerprint density at radius 1 is 1.59 bits per heavy atom. The molecule has 2 rings (SSSR count). The van der Waals surface area contributed by atoms with Gasteiger partial charge in [0, 0.05) is 13.6 Å². The van der Waals surface area contributed by atoms with Crippen molar-refractivity contribution in [1.82, 2.24) is 9.69 Å². The van der Waals surface area contributed by atoms with Crippen molar-refractivity contribution in [3.63, 3.8) is 0 Å². The molecule has 0 spiro atoms. The SMILES string of the molecule is CNC(=O)c1c(N)nsc1NCC1(C)CCC1. The van der Waals surface area contributed by atoms with Gasteiger partial charge in [-0.2, -0.15) is 4.37 Å². The average molecular weight is 254 g/mol. The molecule has 1 aliphatic carbocycles. The number of amides is 1. The first-order chi connectivity index (χ1) is 8.06. The van der Waals surface area contributed by atoms with Gasteiger partial charge in [0.1, 0.15) is 10.6 Å². The molecule has 94 valence electrons. The fraction of sp³-hybridized carbons (Fsp3) is 0.636. The second kappa shape index (κ2) is 4.52. The number of rotatable bonds is 4. The van der Waals surface area contributed by atoms with E-state index in [9.17, 15) is 4.79 Å². The summed E-state index contributed by atoms with van der Waals surface area (Å²) in [5, 5.41) is 6.66. The lowest BCUT2D eigenvalue weighted by molar-refractivity contribution is 0.0964. The molecule has 1 aromatic heterocycles. The van der Waals surface area contributed by atoms with Crippen LogP contribution in [-0.4, -0.2) is 23.9 Å². The summed E-state index contributed by atoms with van der Waals surface area (Å²) in [6.45, 7) is 3.13. The summed E-state index contributed by atoms with van der Waals surface area (Å²) in [5.41, 5.74) is 6.53. The van der Waals surface area contributed by atoms with Crippen LogP contribution in [0.1, 0.15) is 36.5 Å². The number of nitrogens with two attached hydrogens (primary N) is 1. The maximum atomic E-state index is 11.7. The number of hydrogen-bond acceptors (Lipinski definition) is 5. The molecular formula is C11H18N4OS. The van der Waals surface area contributed by atoms with E-state index in [1.165, 1.54) is 30.8 Å². The standard InChI is InChI=1S/C11H18N4OS/c1-11(4-3-5-11)6-14-10-7(9(16)13-2)8(12)15-17-10/h14H,3-6H2,1-2H3,(H2,12,15)(H,13,16). The topological polar surface area (TPSA) is 80.0 Å². The van der Waals surface area contributed by atoms with Crippen LogP contribution in [0.3, 0.4) is 0 Å². The van der Waals surface area contributed by atoms with Gasteiger partial charge in [-0.3, -0.25) is 4.79 Å². The average Bonchev–Trinajstić information content (AvgIpc) is 2.64. The van der Waals surface area contributed by atoms with Gasteiger partial charge in [-0.15, -0.1) is 0 Å². The summed E-state index contributed by atoms with van der Waals surface area (Å²) in [6.07, 6.45) is 3.78. The van der Waals surface area contributed by atoms with Gasteiger partial charge < -0.3 is 16.4 Å². The Morgan fingerprint density at radius 3 is 2.82 bits per heavy atom. The summed E-state index contributed by atoms with van der Waals surface area (Å²) in [4.78, 5) is 11.7. The molecule has 1 heterocycles. The predicted octanol–water partition coefficient (Wildman–Crippen LogP) is 1.69. The Kier molecular flexibility index (Phi) is 3.24. The molecule has 0 radical (unpaired) electrons. The molecule has 0 saturated heterocycles. The first-order valence-corrected chi connectivity index (χ1v) is 6.54. The normalized spacial score (nSPS) is 17.3. The van der Waals surface area contributed by atoms with Gasteiger partial charge in [-0.25, -0.2) is 0 Å². The van der Waals surface area contributed by atoms with Crippen LogP contribution in [-0.2, 0) is 0 Å². The lowest BCUT2D eigenvalue weighted by Crippen LogP contribution is -2.33. The highest BCUT2D eigenvalue weighted by Gasteiger charge is 2.32. The Hall–Kier alpha value is -1.30. The zero-order valence-corrected chi connectivity index (χ0v) is 11.0. The minimum atomic E-state index is -0.183. The Bertz CT molecular complexity index is 425. The fourth-order valence-electron chi connectivity index (χ4n) is 2.02. The maximum absolute atomic E-state index is 11.7. The molecule has 0 atom stereocenters. The Morgan fingerprint density at radius 2 is 2.29 bits per heavy atom. The number of carbonyl (C=O) groups is 1. The molecule has 0 aliphatic heterocycles. The van der Waals surface area contributed by atoms with Crippen molar-refractivity contribution < 1.29 is 4.79 Å². The maximum Gasteiger partial charge on any atom is 0.257 e. The van der Waals surface area contributed by atoms with Gasteiger partial charge in [0.2, 0.25) is 0 Å². The molecule has 6 heteroatoms. The highest BCUT2D eigenvalue weighted by Crippen LogP contribution is 2.40. The van der Waals surface area contributed by atoms with Crippen molar-refractivity contribution in [3.8, 4) is 0 Å². The van der Waals surface area contributed by atoms with Crippen LogP contribution < -0.4 is 16.4 Å². The van der Waals surface area contributed by atoms with E-state index in [1.807, 2.05) is 0 Å². The van der Waals surface area contributed by atoms with Gasteiger partial charge in [0.15, 0.2) is 5.82 Å². The number of anilines is 2. The van der Waals surface area contributed by atoms with E-state index in [1.54, 1.807) is 7.05 Å². The highest BCUT2D eigenvalue weighted by molar-refractivity contribution is 7.11. The summed E-state index contributed by atoms with van der Waals surface area (Å²) in [5.74, 6) is 0.119. The van der Waals surface area contributed by atoms with Gasteiger partial charge in [-0.1, -0.05) is 13.3 Å². The van der Waals surface area contributed by atoms with Crippen molar-refractivity contribution >= 4 is 28.3 Å². The highest BCUT2D eigenvalue weighted by atomic mass is 32.1. The first-order valence-electron chi connectivity index (χ1n) is 5.77. The largest absolute Gasteiger partial charge is 0.382 e. The number of nitrogens with zero attached hydrogens (tertiary/aromatic N) is 1. The fourth-order valence-corrected chi connectivity index (χ4v) is 2.72. The van der Waals surface area contributed by atoms with Crippen LogP contribution >= 0.6 is 11.5 Å². The zero-order chi connectivity index (χ0) is 12.5. The quantitative estimate of drug-likeness (QED) is 0.764. The summed E-state index contributed by atoms with van der Waals surface area (Å²) in [6, 6.07) is 0. The van der Waals surface area contributed by atoms with Crippen LogP contribution in [0.15, 0.2) is 0 Å². The summed E-state index contributed by atoms with van der Waals surface area (Å²) < 4.78 is 4.03. The molecule has 1 fully saturated rings. The van der Waals surface area contributed by atoms with Gasteiger partial charge in [-0.05, 0) is 29.8 Å². The second-order valence-electron chi connectivity index (χ2n) is 4.87. The molecule has 5 nitrogen and oxygen atoms in total. The molecular weight excluding hydrogens is 236 g/mol. The van der Waals surface area contributed by atoms with Crippen molar-refractivity contribution in [3.05, 3.63) is 5.56 Å². The summed E-state index contributed by atoms with van der Waals surface area (Å²) in [7, 11) is 1.59. The number of carbonyl (C=O) groups excluding carboxylic acids is 1. The minimum Gasteiger partial charge on any atom is -0.382 e. The first kappa shape index (κ1) is 12.2. The minimum absolute atomic E-state index is 0.183. The zero-order valence-electron chi connectivity index (χ0n) is 10.2. The van der Waals surface area contributed by atoms with E-state index < -0.39 is 0 Å². The number of aromatic nitrogens is 1. The molecule has 1 saturated carbocycles. The Balaban J connectivity index is 2.07. The van der Waals surface area contributed by atoms with E-state index in [-0.39, 0.29) is 5.91 Å². The lowest BCUT2D eigenvalue weighted by Gasteiger charge is -2.38. The monoisotopic (exact) mass is 254 g/mol. The van der Waals surface area contributed by atoms with Crippen molar-refractivity contribution in [2.75, 3.05) is 24.6 Å². The van der Waals surface area contributed by atoms with Crippen molar-refractivity contribution in [2.45, 2.75) is 26.2 Å². The van der Waals surface area contributed by atoms with Crippen LogP contribution in [0.2, 0.25) is 0 Å². The smallest absolute Gasteiger partial charge is 0.257 e. The molecule has 1 aliphatic rings. The van der Waals surface area contributed by atoms with Crippen LogP contribution in [0.4, 0.5) is 10.8 Å². The van der Waals surface area contributed by atoms with Crippen LogP contribution in [0.25, 0.3) is 0 Å². The summed E-state index contributed by atoms with van der Waals surface area (Å²) >= 11 is 1.25. The van der Waals surface area contributed by atoms with Crippen LogP contribution in [0.5, 0.6) is 0 Å². The number of hydrogen-bond donors (Lipinski definition) is 3. The van der Waals surface area contributed by atoms with Gasteiger partial charge in [0.25, 0.3) is 5.91 Å². The molecule has 17 heavy (non-hydrogen) atoms. The predicted molar refractivity (Wildman–Crippen MR) is 70.4 cm³/mol. The molecule has 4 N–H and O–H groups in total. The second-order valence-corrected chi connectivity index (χ2v) is 5.64. The molecule has 0 unspecified atom stereocenters. The van der Waals surface area contributed by atoms with Crippen molar-refractivity contribution in [1.29, 1.82) is 0 Å². The number of nitrogens with one attached hydrogen (secondary N) is 2. The molecule has 1 aromatic rings. The van der Waals surface area contributed by atoms with Gasteiger partial charge >= 0.3 is 0 Å². The lowest BCUT2D eigenvalue weighted by atomic mass is 9.70. The molecule has 0 aromatic carbocycles. The van der Waals surface area contributed by atoms with E-state index in [0.29, 0.717) is 16.8 Å². The van der Waals surface area contributed by atoms with E-state index in [2.05, 4.69) is 21.9 Å². The van der Waals surface area contributed by atoms with Crippen LogP contribution in [0, 0.1) is 5.41 Å². The van der Waals surface area contributed by atoms with E-state index in [4.69, 9.17) is 5.73 Å². The molecule has 0 bridgehead atoms.